The molecule has 4 rings (SSSR count). The molecule has 1 aliphatic carbocycles. The number of carbonyl (C=O) groups excluding carboxylic acids is 2. The van der Waals surface area contributed by atoms with Crippen LogP contribution < -0.4 is 16.3 Å². The third kappa shape index (κ3) is 6.62. The predicted molar refractivity (Wildman–Crippen MR) is 139 cm³/mol. The molecule has 0 atom stereocenters. The molecule has 0 bridgehead atoms. The van der Waals surface area contributed by atoms with Gasteiger partial charge in [-0.1, -0.05) is 0 Å². The Hall–Kier alpha value is -3.53. The average molecular weight is 511 g/mol. The van der Waals surface area contributed by atoms with Crippen LogP contribution in [0.4, 0.5) is 10.2 Å². The van der Waals surface area contributed by atoms with E-state index < -0.39 is 17.3 Å². The van der Waals surface area contributed by atoms with Crippen molar-refractivity contribution in [3.63, 3.8) is 0 Å². The smallest absolute Gasteiger partial charge is 0.280 e. The standard InChI is InChI=1S/C27H35FN6O3/c1-16(2)31-24(35)18-7-11-20(12-8-18)34-22-13-23(30-15-27(3,4)37)29-14-21(22)32-26(34)33-25(36)17-5-9-19(28)10-6-17/h5-6,9-10,13-14,16,18,20,37H,7-8,11-12,15H2,1-4H3,(H,29,30)(H,31,35)(H,32,33,36). The van der Waals surface area contributed by atoms with Gasteiger partial charge >= 0.3 is 0 Å². The Morgan fingerprint density at radius 1 is 1.22 bits per heavy atom. The van der Waals surface area contributed by atoms with Crippen LogP contribution in [0.2, 0.25) is 0 Å². The molecule has 0 saturated heterocycles. The highest BCUT2D eigenvalue weighted by atomic mass is 19.1. The molecule has 1 saturated carbocycles. The third-order valence-corrected chi connectivity index (χ3v) is 6.48. The van der Waals surface area contributed by atoms with Crippen LogP contribution in [0.3, 0.4) is 0 Å². The minimum Gasteiger partial charge on any atom is -0.389 e. The molecular weight excluding hydrogens is 475 g/mol. The zero-order chi connectivity index (χ0) is 26.7. The summed E-state index contributed by atoms with van der Waals surface area (Å²) in [5.74, 6) is -0.289. The summed E-state index contributed by atoms with van der Waals surface area (Å²) in [6, 6.07) is 7.27. The summed E-state index contributed by atoms with van der Waals surface area (Å²) in [5.41, 5.74) is 1.27. The van der Waals surface area contributed by atoms with Crippen molar-refractivity contribution in [2.24, 2.45) is 10.9 Å². The van der Waals surface area contributed by atoms with Crippen molar-refractivity contribution in [1.82, 2.24) is 19.9 Å². The van der Waals surface area contributed by atoms with Gasteiger partial charge in [-0.25, -0.2) is 9.37 Å². The second kappa shape index (κ2) is 10.8. The van der Waals surface area contributed by atoms with E-state index in [2.05, 4.69) is 25.6 Å². The number of anilines is 1. The topological polar surface area (TPSA) is 124 Å². The number of hydrogen-bond acceptors (Lipinski definition) is 5. The van der Waals surface area contributed by atoms with Gasteiger partial charge in [0.05, 0.1) is 22.8 Å². The van der Waals surface area contributed by atoms with Crippen LogP contribution in [0.1, 0.15) is 69.8 Å². The number of pyridine rings is 1. The van der Waals surface area contributed by atoms with Gasteiger partial charge in [0.15, 0.2) is 0 Å². The number of rotatable bonds is 7. The third-order valence-electron chi connectivity index (χ3n) is 6.48. The van der Waals surface area contributed by atoms with E-state index in [1.165, 1.54) is 24.3 Å². The lowest BCUT2D eigenvalue weighted by Gasteiger charge is -2.29. The van der Waals surface area contributed by atoms with Gasteiger partial charge in [0, 0.05) is 36.2 Å². The molecule has 0 unspecified atom stereocenters. The second-order valence-electron chi connectivity index (χ2n) is 10.7. The van der Waals surface area contributed by atoms with Gasteiger partial charge in [0.25, 0.3) is 5.91 Å². The van der Waals surface area contributed by atoms with Gasteiger partial charge in [-0.3, -0.25) is 9.59 Å². The first-order valence-corrected chi connectivity index (χ1v) is 12.7. The first kappa shape index (κ1) is 26.5. The number of imidazole rings is 1. The molecule has 10 heteroatoms. The van der Waals surface area contributed by atoms with E-state index in [-0.39, 0.29) is 29.5 Å². The highest BCUT2D eigenvalue weighted by molar-refractivity contribution is 5.95. The molecule has 37 heavy (non-hydrogen) atoms. The van der Waals surface area contributed by atoms with Crippen LogP contribution in [0.25, 0.3) is 11.0 Å². The lowest BCUT2D eigenvalue weighted by atomic mass is 9.85. The van der Waals surface area contributed by atoms with Crippen molar-refractivity contribution in [2.45, 2.75) is 71.1 Å². The number of benzene rings is 1. The molecule has 0 radical (unpaired) electrons. The Morgan fingerprint density at radius 3 is 2.51 bits per heavy atom. The number of H-pyrrole nitrogens is 1. The molecule has 198 valence electrons. The van der Waals surface area contributed by atoms with Crippen molar-refractivity contribution in [3.8, 4) is 0 Å². The molecule has 1 aromatic carbocycles. The fraction of sp³-hybridized carbons (Fsp3) is 0.481. The van der Waals surface area contributed by atoms with Crippen molar-refractivity contribution < 1.29 is 19.1 Å². The maximum absolute atomic E-state index is 13.3. The van der Waals surface area contributed by atoms with Crippen molar-refractivity contribution in [2.75, 3.05) is 11.9 Å². The van der Waals surface area contributed by atoms with Crippen LogP contribution in [0, 0.1) is 11.7 Å². The van der Waals surface area contributed by atoms with Crippen LogP contribution in [-0.2, 0) is 4.79 Å². The molecule has 2 amide bonds. The maximum Gasteiger partial charge on any atom is 0.280 e. The van der Waals surface area contributed by atoms with Crippen LogP contribution in [0.15, 0.2) is 41.5 Å². The Kier molecular flexibility index (Phi) is 7.77. The Bertz CT molecular complexity index is 1330. The van der Waals surface area contributed by atoms with E-state index in [0.29, 0.717) is 23.5 Å². The summed E-state index contributed by atoms with van der Waals surface area (Å²) in [6.45, 7) is 7.64. The van der Waals surface area contributed by atoms with Crippen molar-refractivity contribution in [1.29, 1.82) is 0 Å². The van der Waals surface area contributed by atoms with E-state index in [4.69, 9.17) is 0 Å². The van der Waals surface area contributed by atoms with Gasteiger partial charge in [-0.15, -0.1) is 0 Å². The Labute approximate surface area is 215 Å². The average Bonchev–Trinajstić information content (AvgIpc) is 3.19. The molecule has 2 heterocycles. The fourth-order valence-corrected chi connectivity index (χ4v) is 4.64. The van der Waals surface area contributed by atoms with E-state index >= 15 is 0 Å². The molecule has 0 spiro atoms. The number of nitrogens with zero attached hydrogens (tertiary/aromatic N) is 3. The number of hydrogen-bond donors (Lipinski definition) is 4. The Balaban J connectivity index is 1.70. The molecule has 1 fully saturated rings. The van der Waals surface area contributed by atoms with Crippen LogP contribution >= 0.6 is 0 Å². The number of fused-ring (bicyclic) bond motifs is 1. The van der Waals surface area contributed by atoms with Crippen molar-refractivity contribution in [3.05, 3.63) is 53.5 Å². The number of aliphatic hydroxyl groups is 1. The zero-order valence-electron chi connectivity index (χ0n) is 21.7. The molecule has 1 aliphatic rings. The van der Waals surface area contributed by atoms with Gasteiger partial charge in [0.2, 0.25) is 11.5 Å². The number of carbonyl (C=O) groups is 2. The molecule has 4 N–H and O–H groups in total. The van der Waals surface area contributed by atoms with Gasteiger partial charge in [0.1, 0.15) is 11.6 Å². The molecule has 9 nitrogen and oxygen atoms in total. The number of aromatic amines is 1. The van der Waals surface area contributed by atoms with E-state index in [1.54, 1.807) is 20.0 Å². The minimum absolute atomic E-state index is 0.0150. The second-order valence-corrected chi connectivity index (χ2v) is 10.7. The van der Waals surface area contributed by atoms with Gasteiger partial charge < -0.3 is 25.3 Å². The minimum atomic E-state index is -0.915. The normalized spacial score (nSPS) is 18.8. The number of halogens is 1. The SMILES string of the molecule is CC(C)NC(=O)C1CCC(n2c(=NC(=O)c3ccc(F)cc3)[nH]c3cnc(NCC(C)(C)O)cc32)CC1. The summed E-state index contributed by atoms with van der Waals surface area (Å²) in [7, 11) is 0. The van der Waals surface area contributed by atoms with E-state index in [9.17, 15) is 19.1 Å². The molecular formula is C27H35FN6O3. The fourth-order valence-electron chi connectivity index (χ4n) is 4.64. The van der Waals surface area contributed by atoms with E-state index in [1.807, 2.05) is 24.5 Å². The summed E-state index contributed by atoms with van der Waals surface area (Å²) in [4.78, 5) is 37.5. The summed E-state index contributed by atoms with van der Waals surface area (Å²) in [6.07, 6.45) is 4.61. The van der Waals surface area contributed by atoms with Crippen molar-refractivity contribution >= 4 is 28.7 Å². The predicted octanol–water partition coefficient (Wildman–Crippen LogP) is 3.68. The van der Waals surface area contributed by atoms with Gasteiger partial charge in [-0.2, -0.15) is 4.99 Å². The largest absolute Gasteiger partial charge is 0.389 e. The van der Waals surface area contributed by atoms with Gasteiger partial charge in [-0.05, 0) is 77.6 Å². The summed E-state index contributed by atoms with van der Waals surface area (Å²) >= 11 is 0. The number of nitrogens with one attached hydrogen (secondary N) is 3. The first-order valence-electron chi connectivity index (χ1n) is 12.7. The first-order chi connectivity index (χ1) is 17.5. The van der Waals surface area contributed by atoms with Crippen LogP contribution in [-0.4, -0.2) is 49.6 Å². The monoisotopic (exact) mass is 510 g/mol. The lowest BCUT2D eigenvalue weighted by Crippen LogP contribution is -2.38. The zero-order valence-corrected chi connectivity index (χ0v) is 21.7. The summed E-state index contributed by atoms with van der Waals surface area (Å²) < 4.78 is 15.4. The highest BCUT2D eigenvalue weighted by Crippen LogP contribution is 2.33. The highest BCUT2D eigenvalue weighted by Gasteiger charge is 2.29. The lowest BCUT2D eigenvalue weighted by molar-refractivity contribution is -0.126. The van der Waals surface area contributed by atoms with E-state index in [0.717, 1.165) is 31.2 Å². The maximum atomic E-state index is 13.3. The number of aromatic nitrogens is 3. The molecule has 0 aliphatic heterocycles. The molecule has 2 aromatic heterocycles. The summed E-state index contributed by atoms with van der Waals surface area (Å²) in [5, 5.41) is 16.3. The quantitative estimate of drug-likeness (QED) is 0.386. The number of amides is 2. The Morgan fingerprint density at radius 2 is 1.89 bits per heavy atom. The molecule has 3 aromatic rings. The van der Waals surface area contributed by atoms with Crippen LogP contribution in [0.5, 0.6) is 0 Å².